The second kappa shape index (κ2) is 7.60. The van der Waals surface area contributed by atoms with Crippen LogP contribution in [0.3, 0.4) is 0 Å². The third kappa shape index (κ3) is 4.42. The molecular formula is C19H22ClN3O4. The number of rotatable bonds is 5. The van der Waals surface area contributed by atoms with Gasteiger partial charge in [0.25, 0.3) is 5.91 Å². The molecule has 1 aliphatic rings. The van der Waals surface area contributed by atoms with E-state index in [4.69, 9.17) is 21.4 Å². The van der Waals surface area contributed by atoms with Gasteiger partial charge in [0.2, 0.25) is 0 Å². The molecule has 0 atom stereocenters. The Kier molecular flexibility index (Phi) is 5.41. The zero-order valence-electron chi connectivity index (χ0n) is 15.3. The van der Waals surface area contributed by atoms with Crippen molar-refractivity contribution in [1.29, 1.82) is 0 Å². The third-order valence-corrected chi connectivity index (χ3v) is 4.89. The van der Waals surface area contributed by atoms with E-state index in [2.05, 4.69) is 5.10 Å². The van der Waals surface area contributed by atoms with E-state index in [1.165, 1.54) is 12.4 Å². The Morgan fingerprint density at radius 2 is 2.00 bits per heavy atom. The van der Waals surface area contributed by atoms with Crippen LogP contribution in [0.2, 0.25) is 5.02 Å². The summed E-state index contributed by atoms with van der Waals surface area (Å²) in [7, 11) is 0. The molecule has 1 N–H and O–H groups in total. The van der Waals surface area contributed by atoms with Crippen LogP contribution in [0, 0.1) is 0 Å². The molecule has 0 radical (unpaired) electrons. The number of aromatic nitrogens is 2. The maximum absolute atomic E-state index is 12.9. The molecule has 2 heterocycles. The minimum atomic E-state index is -1.01. The highest BCUT2D eigenvalue weighted by molar-refractivity contribution is 6.30. The predicted octanol–water partition coefficient (Wildman–Crippen LogP) is 3.26. The molecule has 1 aromatic carbocycles. The Balaban J connectivity index is 1.60. The molecule has 0 unspecified atom stereocenters. The Hall–Kier alpha value is -2.54. The van der Waals surface area contributed by atoms with Crippen molar-refractivity contribution in [2.24, 2.45) is 0 Å². The van der Waals surface area contributed by atoms with Crippen LogP contribution in [-0.2, 0) is 4.79 Å². The van der Waals surface area contributed by atoms with Gasteiger partial charge in [0.05, 0.1) is 17.8 Å². The topological polar surface area (TPSA) is 84.7 Å². The van der Waals surface area contributed by atoms with Gasteiger partial charge in [0, 0.05) is 24.3 Å². The number of aromatic carboxylic acids is 1. The fourth-order valence-corrected chi connectivity index (χ4v) is 3.41. The molecule has 0 aliphatic carbocycles. The van der Waals surface area contributed by atoms with Gasteiger partial charge >= 0.3 is 5.97 Å². The van der Waals surface area contributed by atoms with Gasteiger partial charge < -0.3 is 14.7 Å². The second-order valence-corrected chi connectivity index (χ2v) is 7.54. The lowest BCUT2D eigenvalue weighted by Crippen LogP contribution is -2.51. The smallest absolute Gasteiger partial charge is 0.338 e. The summed E-state index contributed by atoms with van der Waals surface area (Å²) in [6, 6.07) is 7.06. The summed E-state index contributed by atoms with van der Waals surface area (Å²) in [5.74, 6) is -0.533. The Bertz CT molecular complexity index is 841. The lowest BCUT2D eigenvalue weighted by Gasteiger charge is -2.37. The summed E-state index contributed by atoms with van der Waals surface area (Å²) in [4.78, 5) is 25.7. The van der Waals surface area contributed by atoms with Crippen molar-refractivity contribution >= 4 is 23.5 Å². The number of benzene rings is 1. The minimum absolute atomic E-state index is 0.0825. The lowest BCUT2D eigenvalue weighted by atomic mass is 10.0. The molecule has 1 saturated heterocycles. The number of carbonyl (C=O) groups is 2. The molecule has 3 rings (SSSR count). The minimum Gasteiger partial charge on any atom is -0.478 e. The van der Waals surface area contributed by atoms with Crippen LogP contribution in [0.25, 0.3) is 0 Å². The Morgan fingerprint density at radius 3 is 2.59 bits per heavy atom. The van der Waals surface area contributed by atoms with Crippen LogP contribution in [0.15, 0.2) is 36.7 Å². The van der Waals surface area contributed by atoms with Crippen LogP contribution >= 0.6 is 11.6 Å². The van der Waals surface area contributed by atoms with E-state index in [0.29, 0.717) is 36.7 Å². The maximum atomic E-state index is 12.9. The number of hydrogen-bond acceptors (Lipinski definition) is 4. The highest BCUT2D eigenvalue weighted by Gasteiger charge is 2.36. The van der Waals surface area contributed by atoms with Crippen molar-refractivity contribution in [2.45, 2.75) is 38.3 Å². The average Bonchev–Trinajstić information content (AvgIpc) is 3.11. The Morgan fingerprint density at radius 1 is 1.30 bits per heavy atom. The van der Waals surface area contributed by atoms with E-state index < -0.39 is 11.6 Å². The number of hydrogen-bond donors (Lipinski definition) is 1. The number of piperidine rings is 1. The molecule has 1 fully saturated rings. The number of amides is 1. The first-order chi connectivity index (χ1) is 12.8. The van der Waals surface area contributed by atoms with Crippen molar-refractivity contribution in [2.75, 3.05) is 13.1 Å². The van der Waals surface area contributed by atoms with Gasteiger partial charge in [-0.25, -0.2) is 4.79 Å². The van der Waals surface area contributed by atoms with Crippen LogP contribution in [0.1, 0.15) is 43.1 Å². The standard InChI is InChI=1S/C19H22ClN3O4/c1-19(2,27-16-5-3-4-14(20)10-16)18(26)22-8-6-15(7-9-22)23-12-13(11-21-23)17(24)25/h3-5,10-12,15H,6-9H2,1-2H3,(H,24,25). The van der Waals surface area contributed by atoms with Gasteiger partial charge in [0.1, 0.15) is 5.75 Å². The van der Waals surface area contributed by atoms with E-state index in [-0.39, 0.29) is 17.5 Å². The fourth-order valence-electron chi connectivity index (χ4n) is 3.23. The molecule has 0 bridgehead atoms. The maximum Gasteiger partial charge on any atom is 0.338 e. The van der Waals surface area contributed by atoms with Crippen LogP contribution < -0.4 is 4.74 Å². The second-order valence-electron chi connectivity index (χ2n) is 7.11. The number of halogens is 1. The summed E-state index contributed by atoms with van der Waals surface area (Å²) >= 11 is 5.98. The number of carbonyl (C=O) groups excluding carboxylic acids is 1. The van der Waals surface area contributed by atoms with Crippen LogP contribution in [-0.4, -0.2) is 50.4 Å². The molecule has 144 valence electrons. The van der Waals surface area contributed by atoms with Crippen LogP contribution in [0.5, 0.6) is 5.75 Å². The first kappa shape index (κ1) is 19.2. The lowest BCUT2D eigenvalue weighted by molar-refractivity contribution is -0.146. The van der Waals surface area contributed by atoms with Gasteiger partial charge in [-0.2, -0.15) is 5.10 Å². The summed E-state index contributed by atoms with van der Waals surface area (Å²) in [6.45, 7) is 4.62. The number of carboxylic acid groups (broad SMARTS) is 1. The van der Waals surface area contributed by atoms with Crippen molar-refractivity contribution in [3.8, 4) is 5.75 Å². The molecule has 2 aromatic rings. The largest absolute Gasteiger partial charge is 0.478 e. The first-order valence-corrected chi connectivity index (χ1v) is 9.15. The molecule has 0 saturated carbocycles. The van der Waals surface area contributed by atoms with Crippen molar-refractivity contribution < 1.29 is 19.4 Å². The molecule has 1 amide bonds. The number of nitrogens with zero attached hydrogens (tertiary/aromatic N) is 3. The molecule has 27 heavy (non-hydrogen) atoms. The summed E-state index contributed by atoms with van der Waals surface area (Å²) in [5.41, 5.74) is -0.843. The summed E-state index contributed by atoms with van der Waals surface area (Å²) < 4.78 is 7.56. The van der Waals surface area contributed by atoms with Gasteiger partial charge in [-0.3, -0.25) is 9.48 Å². The summed E-state index contributed by atoms with van der Waals surface area (Å²) in [6.07, 6.45) is 4.30. The molecule has 1 aromatic heterocycles. The quantitative estimate of drug-likeness (QED) is 0.845. The number of carboxylic acids is 1. The Labute approximate surface area is 162 Å². The van der Waals surface area contributed by atoms with E-state index >= 15 is 0 Å². The van der Waals surface area contributed by atoms with Crippen LogP contribution in [0.4, 0.5) is 0 Å². The zero-order chi connectivity index (χ0) is 19.6. The molecule has 1 aliphatic heterocycles. The normalized spacial score (nSPS) is 15.6. The van der Waals surface area contributed by atoms with Gasteiger partial charge in [0.15, 0.2) is 5.60 Å². The highest BCUT2D eigenvalue weighted by atomic mass is 35.5. The van der Waals surface area contributed by atoms with Gasteiger partial charge in [-0.15, -0.1) is 0 Å². The van der Waals surface area contributed by atoms with Crippen molar-refractivity contribution in [1.82, 2.24) is 14.7 Å². The first-order valence-electron chi connectivity index (χ1n) is 8.77. The number of likely N-dealkylation sites (tertiary alicyclic amines) is 1. The average molecular weight is 392 g/mol. The molecule has 8 heteroatoms. The molecule has 7 nitrogen and oxygen atoms in total. The highest BCUT2D eigenvalue weighted by Crippen LogP contribution is 2.27. The zero-order valence-corrected chi connectivity index (χ0v) is 16.0. The van der Waals surface area contributed by atoms with E-state index in [1.54, 1.807) is 47.7 Å². The van der Waals surface area contributed by atoms with E-state index in [0.717, 1.165) is 0 Å². The number of ether oxygens (including phenoxy) is 1. The molecular weight excluding hydrogens is 370 g/mol. The third-order valence-electron chi connectivity index (χ3n) is 4.66. The van der Waals surface area contributed by atoms with Crippen molar-refractivity contribution in [3.05, 3.63) is 47.2 Å². The predicted molar refractivity (Wildman–Crippen MR) is 100 cm³/mol. The monoisotopic (exact) mass is 391 g/mol. The van der Waals surface area contributed by atoms with Gasteiger partial charge in [-0.05, 0) is 44.9 Å². The van der Waals surface area contributed by atoms with Gasteiger partial charge in [-0.1, -0.05) is 17.7 Å². The van der Waals surface area contributed by atoms with Crippen molar-refractivity contribution in [3.63, 3.8) is 0 Å². The SMILES string of the molecule is CC(C)(Oc1cccc(Cl)c1)C(=O)N1CCC(n2cc(C(=O)O)cn2)CC1. The summed E-state index contributed by atoms with van der Waals surface area (Å²) in [5, 5.41) is 13.7. The van der Waals surface area contributed by atoms with E-state index in [9.17, 15) is 9.59 Å². The molecule has 0 spiro atoms. The van der Waals surface area contributed by atoms with E-state index in [1.807, 2.05) is 0 Å². The fraction of sp³-hybridized carbons (Fsp3) is 0.421.